The van der Waals surface area contributed by atoms with E-state index in [1.165, 1.54) is 0 Å². The Labute approximate surface area is 157 Å². The summed E-state index contributed by atoms with van der Waals surface area (Å²) in [4.78, 5) is 16.5. The summed E-state index contributed by atoms with van der Waals surface area (Å²) in [6.45, 7) is 6.86. The molecule has 0 saturated carbocycles. The largest absolute Gasteiger partial charge is 0.385 e. The van der Waals surface area contributed by atoms with Crippen molar-refractivity contribution in [3.63, 3.8) is 0 Å². The molecule has 0 aliphatic heterocycles. The Bertz CT molecular complexity index is 937. The fraction of sp³-hybridized carbons (Fsp3) is 0.368. The van der Waals surface area contributed by atoms with Crippen molar-refractivity contribution in [1.29, 1.82) is 0 Å². The lowest BCUT2D eigenvalue weighted by atomic mass is 10.1. The molecule has 1 amide bonds. The van der Waals surface area contributed by atoms with Crippen LogP contribution in [0, 0.1) is 12.8 Å². The Balaban J connectivity index is 1.63. The fourth-order valence-corrected chi connectivity index (χ4v) is 2.69. The molecule has 3 aromatic heterocycles. The van der Waals surface area contributed by atoms with Gasteiger partial charge in [0.2, 0.25) is 0 Å². The standard InChI is InChI=1S/C19H24N6O2/c1-12(2)17(26)18-24-23-16-5-4-14(11-25(16)18)19(27)22-9-8-21-15-6-7-20-10-13(15)3/h4-7,10-12,17,26H,8-9H2,1-3H3,(H,20,21)(H,22,27). The average Bonchev–Trinajstić information content (AvgIpc) is 3.08. The lowest BCUT2D eigenvalue weighted by molar-refractivity contribution is 0.0954. The van der Waals surface area contributed by atoms with Gasteiger partial charge in [0.25, 0.3) is 5.91 Å². The molecule has 0 bridgehead atoms. The molecule has 0 aliphatic carbocycles. The SMILES string of the molecule is Cc1cnccc1NCCNC(=O)c1ccc2nnc(C(O)C(C)C)n2c1. The van der Waals surface area contributed by atoms with Crippen molar-refractivity contribution in [3.05, 3.63) is 53.7 Å². The molecule has 3 heterocycles. The molecule has 0 spiro atoms. The maximum atomic E-state index is 12.4. The molecule has 27 heavy (non-hydrogen) atoms. The van der Waals surface area contributed by atoms with Crippen LogP contribution in [0.5, 0.6) is 0 Å². The fourth-order valence-electron chi connectivity index (χ4n) is 2.69. The summed E-state index contributed by atoms with van der Waals surface area (Å²) in [5.74, 6) is 0.242. The predicted octanol–water partition coefficient (Wildman–Crippen LogP) is 1.96. The second-order valence-corrected chi connectivity index (χ2v) is 6.77. The number of amides is 1. The number of aliphatic hydroxyl groups is 1. The lowest BCUT2D eigenvalue weighted by Crippen LogP contribution is -2.29. The van der Waals surface area contributed by atoms with Gasteiger partial charge in [-0.05, 0) is 36.6 Å². The number of aliphatic hydroxyl groups excluding tert-OH is 1. The summed E-state index contributed by atoms with van der Waals surface area (Å²) in [5.41, 5.74) is 3.13. The highest BCUT2D eigenvalue weighted by molar-refractivity contribution is 5.94. The van der Waals surface area contributed by atoms with E-state index in [9.17, 15) is 9.90 Å². The van der Waals surface area contributed by atoms with Crippen molar-refractivity contribution in [2.45, 2.75) is 26.9 Å². The van der Waals surface area contributed by atoms with Crippen LogP contribution in [0.2, 0.25) is 0 Å². The summed E-state index contributed by atoms with van der Waals surface area (Å²) >= 11 is 0. The number of anilines is 1. The number of fused-ring (bicyclic) bond motifs is 1. The lowest BCUT2D eigenvalue weighted by Gasteiger charge is -2.13. The molecule has 0 radical (unpaired) electrons. The van der Waals surface area contributed by atoms with Crippen molar-refractivity contribution in [2.75, 3.05) is 18.4 Å². The van der Waals surface area contributed by atoms with Gasteiger partial charge >= 0.3 is 0 Å². The zero-order chi connectivity index (χ0) is 19.4. The minimum Gasteiger partial charge on any atom is -0.385 e. The molecule has 142 valence electrons. The Kier molecular flexibility index (Phi) is 5.66. The molecule has 3 N–H and O–H groups in total. The van der Waals surface area contributed by atoms with Crippen LogP contribution in [0.3, 0.4) is 0 Å². The molecule has 8 nitrogen and oxygen atoms in total. The van der Waals surface area contributed by atoms with Gasteiger partial charge in [0.05, 0.1) is 5.56 Å². The van der Waals surface area contributed by atoms with Gasteiger partial charge in [0.15, 0.2) is 11.5 Å². The first-order valence-corrected chi connectivity index (χ1v) is 8.93. The van der Waals surface area contributed by atoms with Crippen molar-refractivity contribution >= 4 is 17.2 Å². The van der Waals surface area contributed by atoms with Crippen LogP contribution in [0.25, 0.3) is 5.65 Å². The van der Waals surface area contributed by atoms with Crippen LogP contribution in [0.15, 0.2) is 36.8 Å². The number of nitrogens with zero attached hydrogens (tertiary/aromatic N) is 4. The van der Waals surface area contributed by atoms with Gasteiger partial charge in [-0.25, -0.2) is 0 Å². The summed E-state index contributed by atoms with van der Waals surface area (Å²) in [6, 6.07) is 5.32. The first-order valence-electron chi connectivity index (χ1n) is 8.93. The predicted molar refractivity (Wildman–Crippen MR) is 103 cm³/mol. The molecule has 1 atom stereocenters. The van der Waals surface area contributed by atoms with E-state index in [1.54, 1.807) is 35.1 Å². The van der Waals surface area contributed by atoms with Gasteiger partial charge in [-0.1, -0.05) is 13.8 Å². The van der Waals surface area contributed by atoms with Gasteiger partial charge in [-0.3, -0.25) is 14.2 Å². The molecule has 3 rings (SSSR count). The third kappa shape index (κ3) is 4.22. The van der Waals surface area contributed by atoms with Crippen molar-refractivity contribution in [2.24, 2.45) is 5.92 Å². The van der Waals surface area contributed by atoms with E-state index >= 15 is 0 Å². The zero-order valence-electron chi connectivity index (χ0n) is 15.7. The third-order valence-corrected chi connectivity index (χ3v) is 4.33. The highest BCUT2D eigenvalue weighted by Gasteiger charge is 2.19. The average molecular weight is 368 g/mol. The van der Waals surface area contributed by atoms with Crippen LogP contribution in [-0.2, 0) is 0 Å². The van der Waals surface area contributed by atoms with E-state index in [2.05, 4.69) is 25.8 Å². The molecule has 0 saturated heterocycles. The number of aryl methyl sites for hydroxylation is 1. The summed E-state index contributed by atoms with van der Waals surface area (Å²) in [5, 5.41) is 24.5. The van der Waals surface area contributed by atoms with E-state index in [-0.39, 0.29) is 11.8 Å². The number of pyridine rings is 2. The second-order valence-electron chi connectivity index (χ2n) is 6.77. The summed E-state index contributed by atoms with van der Waals surface area (Å²) in [7, 11) is 0. The quantitative estimate of drug-likeness (QED) is 0.551. The molecule has 3 aromatic rings. The topological polar surface area (TPSA) is 104 Å². The van der Waals surface area contributed by atoms with Gasteiger partial charge in [-0.2, -0.15) is 0 Å². The Morgan fingerprint density at radius 2 is 2.04 bits per heavy atom. The summed E-state index contributed by atoms with van der Waals surface area (Å²) < 4.78 is 1.66. The Morgan fingerprint density at radius 1 is 1.22 bits per heavy atom. The maximum absolute atomic E-state index is 12.4. The van der Waals surface area contributed by atoms with Gasteiger partial charge in [-0.15, -0.1) is 10.2 Å². The number of rotatable bonds is 7. The van der Waals surface area contributed by atoms with E-state index in [0.717, 1.165) is 11.3 Å². The normalized spacial score (nSPS) is 12.3. The summed E-state index contributed by atoms with van der Waals surface area (Å²) in [6.07, 6.45) is 4.43. The molecule has 1 unspecified atom stereocenters. The van der Waals surface area contributed by atoms with Gasteiger partial charge in [0.1, 0.15) is 6.10 Å². The zero-order valence-corrected chi connectivity index (χ0v) is 15.7. The van der Waals surface area contributed by atoms with Gasteiger partial charge < -0.3 is 15.7 Å². The molecule has 0 aromatic carbocycles. The number of nitrogens with one attached hydrogen (secondary N) is 2. The van der Waals surface area contributed by atoms with Crippen molar-refractivity contribution < 1.29 is 9.90 Å². The van der Waals surface area contributed by atoms with E-state index in [0.29, 0.717) is 30.1 Å². The smallest absolute Gasteiger partial charge is 0.252 e. The molecule has 8 heteroatoms. The number of carbonyl (C=O) groups is 1. The van der Waals surface area contributed by atoms with E-state index in [1.807, 2.05) is 26.8 Å². The second kappa shape index (κ2) is 8.13. The number of hydrogen-bond acceptors (Lipinski definition) is 6. The first-order chi connectivity index (χ1) is 13.0. The highest BCUT2D eigenvalue weighted by atomic mass is 16.3. The maximum Gasteiger partial charge on any atom is 0.252 e. The van der Waals surface area contributed by atoms with E-state index in [4.69, 9.17) is 0 Å². The first kappa shape index (κ1) is 18.8. The Hall–Kier alpha value is -3.00. The van der Waals surface area contributed by atoms with E-state index < -0.39 is 6.10 Å². The number of aromatic nitrogens is 4. The van der Waals surface area contributed by atoms with Crippen LogP contribution in [-0.4, -0.2) is 43.7 Å². The van der Waals surface area contributed by atoms with Crippen molar-refractivity contribution in [1.82, 2.24) is 24.9 Å². The molecule has 0 fully saturated rings. The van der Waals surface area contributed by atoms with Gasteiger partial charge in [0, 0.05) is 37.4 Å². The monoisotopic (exact) mass is 368 g/mol. The minimum absolute atomic E-state index is 0.00222. The van der Waals surface area contributed by atoms with Crippen LogP contribution < -0.4 is 10.6 Å². The van der Waals surface area contributed by atoms with Crippen molar-refractivity contribution in [3.8, 4) is 0 Å². The number of carbonyl (C=O) groups excluding carboxylic acids is 1. The highest BCUT2D eigenvalue weighted by Crippen LogP contribution is 2.20. The third-order valence-electron chi connectivity index (χ3n) is 4.33. The Morgan fingerprint density at radius 3 is 2.78 bits per heavy atom. The van der Waals surface area contributed by atoms with Crippen LogP contribution in [0.4, 0.5) is 5.69 Å². The number of hydrogen-bond donors (Lipinski definition) is 3. The minimum atomic E-state index is -0.744. The van der Waals surface area contributed by atoms with Crippen LogP contribution in [0.1, 0.15) is 41.7 Å². The molecule has 0 aliphatic rings. The van der Waals surface area contributed by atoms with Crippen LogP contribution >= 0.6 is 0 Å². The molecular formula is C19H24N6O2. The molecular weight excluding hydrogens is 344 g/mol.